The van der Waals surface area contributed by atoms with Crippen molar-refractivity contribution >= 4 is 5.90 Å². The minimum atomic E-state index is -1.03. The molecule has 4 N–H and O–H groups in total. The first-order valence-electron chi connectivity index (χ1n) is 8.05. The van der Waals surface area contributed by atoms with Gasteiger partial charge in [-0.3, -0.25) is 0 Å². The number of aromatic hydroxyl groups is 2. The van der Waals surface area contributed by atoms with Crippen molar-refractivity contribution < 1.29 is 19.7 Å². The van der Waals surface area contributed by atoms with Crippen molar-refractivity contribution in [3.63, 3.8) is 0 Å². The molecule has 3 aromatic rings. The van der Waals surface area contributed by atoms with Gasteiger partial charge in [-0.1, -0.05) is 18.2 Å². The Hall–Kier alpha value is -3.67. The molecule has 2 heterocycles. The molecular weight excluding hydrogens is 332 g/mol. The predicted molar refractivity (Wildman–Crippen MR) is 94.4 cm³/mol. The van der Waals surface area contributed by atoms with Gasteiger partial charge in [0.25, 0.3) is 0 Å². The largest absolute Gasteiger partial charge is 0.508 e. The predicted octanol–water partition coefficient (Wildman–Crippen LogP) is 3.15. The van der Waals surface area contributed by atoms with Gasteiger partial charge in [0.15, 0.2) is 5.60 Å². The monoisotopic (exact) mass is 346 g/mol. The molecule has 2 aliphatic rings. The average molecular weight is 346 g/mol. The maximum atomic E-state index is 9.90. The van der Waals surface area contributed by atoms with E-state index in [1.807, 2.05) is 24.3 Å². The van der Waals surface area contributed by atoms with Crippen LogP contribution in [0.25, 0.3) is 0 Å². The van der Waals surface area contributed by atoms with Crippen LogP contribution in [0, 0.1) is 0 Å². The van der Waals surface area contributed by atoms with Crippen LogP contribution in [0.5, 0.6) is 23.0 Å². The molecule has 0 saturated heterocycles. The van der Waals surface area contributed by atoms with Crippen LogP contribution in [0.2, 0.25) is 0 Å². The Morgan fingerprint density at radius 1 is 0.808 bits per heavy atom. The smallest absolute Gasteiger partial charge is 0.239 e. The van der Waals surface area contributed by atoms with E-state index >= 15 is 0 Å². The fourth-order valence-corrected chi connectivity index (χ4v) is 3.76. The molecule has 0 aromatic heterocycles. The summed E-state index contributed by atoms with van der Waals surface area (Å²) < 4.78 is 12.3. The van der Waals surface area contributed by atoms with E-state index < -0.39 is 5.60 Å². The molecule has 3 aromatic carbocycles. The van der Waals surface area contributed by atoms with Gasteiger partial charge in [0.1, 0.15) is 23.0 Å². The molecule has 0 saturated carbocycles. The lowest BCUT2D eigenvalue weighted by atomic mass is 9.77. The van der Waals surface area contributed by atoms with Crippen molar-refractivity contribution in [1.29, 1.82) is 0 Å². The van der Waals surface area contributed by atoms with E-state index in [2.05, 4.69) is 5.10 Å². The zero-order valence-electron chi connectivity index (χ0n) is 13.5. The van der Waals surface area contributed by atoms with Crippen molar-refractivity contribution in [3.8, 4) is 23.0 Å². The third-order valence-corrected chi connectivity index (χ3v) is 4.81. The van der Waals surface area contributed by atoms with E-state index in [4.69, 9.17) is 15.3 Å². The number of hydrazone groups is 1. The fraction of sp³-hybridized carbons (Fsp3) is 0.0500. The van der Waals surface area contributed by atoms with Gasteiger partial charge in [0.05, 0.1) is 0 Å². The van der Waals surface area contributed by atoms with Crippen molar-refractivity contribution in [2.75, 3.05) is 0 Å². The molecule has 0 bridgehead atoms. The Bertz CT molecular complexity index is 1040. The third kappa shape index (κ3) is 1.73. The van der Waals surface area contributed by atoms with Crippen molar-refractivity contribution in [3.05, 3.63) is 82.9 Å². The van der Waals surface area contributed by atoms with Crippen molar-refractivity contribution in [2.24, 2.45) is 10.9 Å². The maximum Gasteiger partial charge on any atom is 0.239 e. The summed E-state index contributed by atoms with van der Waals surface area (Å²) in [6.07, 6.45) is 0. The first-order chi connectivity index (χ1) is 12.6. The van der Waals surface area contributed by atoms with Crippen LogP contribution in [-0.2, 0) is 10.3 Å². The second-order valence-electron chi connectivity index (χ2n) is 6.23. The number of hydrogen-bond donors (Lipinski definition) is 3. The normalized spacial score (nSPS) is 17.2. The van der Waals surface area contributed by atoms with Gasteiger partial charge in [-0.25, -0.2) is 0 Å². The van der Waals surface area contributed by atoms with Gasteiger partial charge >= 0.3 is 0 Å². The first-order valence-corrected chi connectivity index (χ1v) is 8.05. The van der Waals surface area contributed by atoms with Crippen LogP contribution in [0.3, 0.4) is 0 Å². The molecule has 1 spiro atoms. The number of phenolic OH excluding ortho intramolecular Hbond substituents is 2. The van der Waals surface area contributed by atoms with Gasteiger partial charge in [-0.2, -0.15) is 0 Å². The highest BCUT2D eigenvalue weighted by Gasteiger charge is 2.52. The summed E-state index contributed by atoms with van der Waals surface area (Å²) in [6, 6.07) is 17.4. The SMILES string of the molecule is NN=C1OC2(c3ccc(O)cc3Oc3cc(O)ccc32)c2ccccc21. The second-order valence-corrected chi connectivity index (χ2v) is 6.23. The maximum absolute atomic E-state index is 9.90. The van der Waals surface area contributed by atoms with Gasteiger partial charge in [-0.15, -0.1) is 5.10 Å². The number of ether oxygens (including phenoxy) is 2. The highest BCUT2D eigenvalue weighted by atomic mass is 16.5. The zero-order chi connectivity index (χ0) is 17.9. The third-order valence-electron chi connectivity index (χ3n) is 4.81. The number of nitrogens with zero attached hydrogens (tertiary/aromatic N) is 1. The number of phenols is 2. The molecular formula is C20H14N2O4. The summed E-state index contributed by atoms with van der Waals surface area (Å²) in [5.41, 5.74) is 2.07. The Morgan fingerprint density at radius 2 is 1.42 bits per heavy atom. The second kappa shape index (κ2) is 4.92. The van der Waals surface area contributed by atoms with Gasteiger partial charge in [0.2, 0.25) is 5.90 Å². The molecule has 0 unspecified atom stereocenters. The van der Waals surface area contributed by atoms with Crippen LogP contribution in [-0.4, -0.2) is 16.1 Å². The van der Waals surface area contributed by atoms with E-state index in [1.165, 1.54) is 12.1 Å². The summed E-state index contributed by atoms with van der Waals surface area (Å²) in [5.74, 6) is 6.92. The average Bonchev–Trinajstić information content (AvgIpc) is 2.97. The molecule has 0 atom stereocenters. The highest BCUT2D eigenvalue weighted by molar-refractivity contribution is 6.00. The molecule has 0 aliphatic carbocycles. The summed E-state index contributed by atoms with van der Waals surface area (Å²) in [7, 11) is 0. The van der Waals surface area contributed by atoms with Crippen LogP contribution < -0.4 is 10.6 Å². The fourth-order valence-electron chi connectivity index (χ4n) is 3.76. The lowest BCUT2D eigenvalue weighted by molar-refractivity contribution is 0.143. The van der Waals surface area contributed by atoms with Crippen LogP contribution in [0.1, 0.15) is 22.3 Å². The van der Waals surface area contributed by atoms with Crippen LogP contribution in [0.4, 0.5) is 0 Å². The summed E-state index contributed by atoms with van der Waals surface area (Å²) in [4.78, 5) is 0. The summed E-state index contributed by atoms with van der Waals surface area (Å²) in [5, 5.41) is 23.6. The molecule has 128 valence electrons. The molecule has 6 nitrogen and oxygen atoms in total. The minimum absolute atomic E-state index is 0.0708. The van der Waals surface area contributed by atoms with Crippen molar-refractivity contribution in [2.45, 2.75) is 5.60 Å². The highest BCUT2D eigenvalue weighted by Crippen LogP contribution is 2.56. The molecule has 6 heteroatoms. The lowest BCUT2D eigenvalue weighted by Crippen LogP contribution is -2.33. The van der Waals surface area contributed by atoms with Crippen molar-refractivity contribution in [1.82, 2.24) is 0 Å². The first kappa shape index (κ1) is 14.7. The van der Waals surface area contributed by atoms with Gasteiger partial charge in [-0.05, 0) is 30.3 Å². The molecule has 0 fully saturated rings. The van der Waals surface area contributed by atoms with E-state index in [9.17, 15) is 10.2 Å². The standard InChI is InChI=1S/C20H14N2O4/c21-22-19-13-3-1-2-4-14(13)20(26-19)15-7-5-11(23)9-17(15)25-18-10-12(24)6-8-16(18)20/h1-10,23-24H,21H2. The Balaban J connectivity index is 1.91. The number of rotatable bonds is 0. The molecule has 0 radical (unpaired) electrons. The topological polar surface area (TPSA) is 97.3 Å². The molecule has 2 aliphatic heterocycles. The lowest BCUT2D eigenvalue weighted by Gasteiger charge is -2.36. The molecule has 26 heavy (non-hydrogen) atoms. The quantitative estimate of drug-likeness (QED) is 0.429. The Morgan fingerprint density at radius 3 is 2.04 bits per heavy atom. The minimum Gasteiger partial charge on any atom is -0.508 e. The summed E-state index contributed by atoms with van der Waals surface area (Å²) in [6.45, 7) is 0. The Kier molecular flexibility index (Phi) is 2.77. The van der Waals surface area contributed by atoms with E-state index in [0.29, 0.717) is 17.4 Å². The number of benzene rings is 3. The van der Waals surface area contributed by atoms with E-state index in [1.54, 1.807) is 24.3 Å². The Labute approximate surface area is 148 Å². The van der Waals surface area contributed by atoms with E-state index in [-0.39, 0.29) is 11.5 Å². The molecule has 5 rings (SSSR count). The van der Waals surface area contributed by atoms with Gasteiger partial charge < -0.3 is 25.5 Å². The van der Waals surface area contributed by atoms with E-state index in [0.717, 1.165) is 22.3 Å². The molecule has 0 amide bonds. The van der Waals surface area contributed by atoms with Crippen LogP contribution >= 0.6 is 0 Å². The number of hydrogen-bond acceptors (Lipinski definition) is 6. The number of nitrogens with two attached hydrogens (primary N) is 1. The van der Waals surface area contributed by atoms with Crippen LogP contribution in [0.15, 0.2) is 65.8 Å². The zero-order valence-corrected chi connectivity index (χ0v) is 13.5. The number of fused-ring (bicyclic) bond motifs is 6. The summed E-state index contributed by atoms with van der Waals surface area (Å²) >= 11 is 0. The van der Waals surface area contributed by atoms with Gasteiger partial charge in [0, 0.05) is 34.4 Å².